The van der Waals surface area contributed by atoms with Crippen molar-refractivity contribution in [3.05, 3.63) is 24.0 Å². The summed E-state index contributed by atoms with van der Waals surface area (Å²) in [5.41, 5.74) is 2.12. The third-order valence-corrected chi connectivity index (χ3v) is 5.36. The summed E-state index contributed by atoms with van der Waals surface area (Å²) in [7, 11) is 0. The summed E-state index contributed by atoms with van der Waals surface area (Å²) in [6, 6.07) is 4.62. The molecule has 1 fully saturated rings. The number of benzene rings is 1. The second kappa shape index (κ2) is 10.8. The number of hydroxylamine groups is 1. The summed E-state index contributed by atoms with van der Waals surface area (Å²) in [6.07, 6.45) is -1.45. The van der Waals surface area contributed by atoms with Crippen LogP contribution in [-0.4, -0.2) is 64.9 Å². The van der Waals surface area contributed by atoms with E-state index >= 15 is 0 Å². The quantitative estimate of drug-likeness (QED) is 0.424. The number of hydrogen-bond acceptors (Lipinski definition) is 6. The van der Waals surface area contributed by atoms with E-state index in [0.717, 1.165) is 0 Å². The number of piperazine rings is 1. The van der Waals surface area contributed by atoms with Gasteiger partial charge in [-0.05, 0) is 45.2 Å². The molecular formula is C22H34FN3O5. The third kappa shape index (κ3) is 6.30. The Hall–Kier alpha value is -2.39. The highest BCUT2D eigenvalue weighted by atomic mass is 19.1. The van der Waals surface area contributed by atoms with Crippen molar-refractivity contribution in [2.24, 2.45) is 11.8 Å². The van der Waals surface area contributed by atoms with Gasteiger partial charge in [0.2, 0.25) is 5.91 Å². The first-order valence-electron chi connectivity index (χ1n) is 10.7. The standard InChI is InChI=1S/C22H34FN3O5/c1-13(2)10-17(20(27)21(28)24-30)22(29)26-9-8-25(12-15(26)5)16-6-7-19(18(23)11-16)31-14(3)4/h6-7,11,13-15,17,20,27,30H,8-10,12H2,1-5H3,(H,24,28)/t15-,17+,20+/m1/s1. The molecule has 0 bridgehead atoms. The summed E-state index contributed by atoms with van der Waals surface area (Å²) < 4.78 is 19.8. The van der Waals surface area contributed by atoms with Crippen LogP contribution in [0.1, 0.15) is 41.0 Å². The number of ether oxygens (including phenoxy) is 1. The molecule has 3 atom stereocenters. The lowest BCUT2D eigenvalue weighted by Crippen LogP contribution is -2.57. The van der Waals surface area contributed by atoms with Gasteiger partial charge in [0.25, 0.3) is 5.91 Å². The van der Waals surface area contributed by atoms with Gasteiger partial charge in [0.05, 0.1) is 12.0 Å². The van der Waals surface area contributed by atoms with Crippen LogP contribution in [0.15, 0.2) is 18.2 Å². The molecule has 0 spiro atoms. The van der Waals surface area contributed by atoms with Crippen molar-refractivity contribution in [3.8, 4) is 5.75 Å². The molecule has 1 heterocycles. The Morgan fingerprint density at radius 3 is 2.45 bits per heavy atom. The minimum Gasteiger partial charge on any atom is -0.488 e. The van der Waals surface area contributed by atoms with Crippen molar-refractivity contribution in [1.29, 1.82) is 0 Å². The average molecular weight is 440 g/mol. The number of aliphatic hydroxyl groups excluding tert-OH is 1. The summed E-state index contributed by atoms with van der Waals surface area (Å²) >= 11 is 0. The lowest BCUT2D eigenvalue weighted by atomic mass is 9.89. The Balaban J connectivity index is 2.11. The highest BCUT2D eigenvalue weighted by Crippen LogP contribution is 2.28. The molecule has 0 aromatic heterocycles. The molecule has 1 aromatic rings. The van der Waals surface area contributed by atoms with Crippen LogP contribution in [0.3, 0.4) is 0 Å². The minimum absolute atomic E-state index is 0.0706. The monoisotopic (exact) mass is 439 g/mol. The molecule has 9 heteroatoms. The van der Waals surface area contributed by atoms with Gasteiger partial charge >= 0.3 is 0 Å². The van der Waals surface area contributed by atoms with Crippen LogP contribution in [0.4, 0.5) is 10.1 Å². The lowest BCUT2D eigenvalue weighted by Gasteiger charge is -2.42. The number of anilines is 1. The molecule has 0 unspecified atom stereocenters. The molecule has 31 heavy (non-hydrogen) atoms. The van der Waals surface area contributed by atoms with Crippen LogP contribution in [0.5, 0.6) is 5.75 Å². The Kier molecular flexibility index (Phi) is 8.64. The van der Waals surface area contributed by atoms with Crippen LogP contribution >= 0.6 is 0 Å². The predicted octanol–water partition coefficient (Wildman–Crippen LogP) is 2.18. The summed E-state index contributed by atoms with van der Waals surface area (Å²) in [6.45, 7) is 10.7. The van der Waals surface area contributed by atoms with Gasteiger partial charge in [0.15, 0.2) is 11.6 Å². The first-order valence-corrected chi connectivity index (χ1v) is 10.7. The molecule has 0 radical (unpaired) electrons. The molecule has 1 aliphatic rings. The molecule has 1 aliphatic heterocycles. The van der Waals surface area contributed by atoms with E-state index in [0.29, 0.717) is 31.7 Å². The zero-order valence-corrected chi connectivity index (χ0v) is 18.8. The van der Waals surface area contributed by atoms with Crippen molar-refractivity contribution >= 4 is 17.5 Å². The second-order valence-electron chi connectivity index (χ2n) is 8.76. The van der Waals surface area contributed by atoms with Gasteiger partial charge in [0.1, 0.15) is 6.10 Å². The van der Waals surface area contributed by atoms with E-state index < -0.39 is 23.7 Å². The van der Waals surface area contributed by atoms with Crippen molar-refractivity contribution in [2.75, 3.05) is 24.5 Å². The van der Waals surface area contributed by atoms with Gasteiger partial charge in [-0.2, -0.15) is 0 Å². The molecule has 8 nitrogen and oxygen atoms in total. The van der Waals surface area contributed by atoms with E-state index in [4.69, 9.17) is 9.94 Å². The van der Waals surface area contributed by atoms with Crippen molar-refractivity contribution < 1.29 is 29.0 Å². The fourth-order valence-corrected chi connectivity index (χ4v) is 3.89. The molecule has 0 saturated carbocycles. The number of aliphatic hydroxyl groups is 1. The highest BCUT2D eigenvalue weighted by molar-refractivity contribution is 5.89. The smallest absolute Gasteiger partial charge is 0.272 e. The van der Waals surface area contributed by atoms with Gasteiger partial charge in [-0.3, -0.25) is 14.8 Å². The number of halogens is 1. The molecule has 2 amide bonds. The fraction of sp³-hybridized carbons (Fsp3) is 0.636. The minimum atomic E-state index is -1.63. The van der Waals surface area contributed by atoms with Crippen LogP contribution in [-0.2, 0) is 9.59 Å². The maximum atomic E-state index is 14.4. The molecule has 1 aromatic carbocycles. The van der Waals surface area contributed by atoms with Gasteiger partial charge in [-0.15, -0.1) is 0 Å². The van der Waals surface area contributed by atoms with Gasteiger partial charge in [0, 0.05) is 37.4 Å². The maximum absolute atomic E-state index is 14.4. The number of hydrogen-bond donors (Lipinski definition) is 3. The number of rotatable bonds is 8. The first-order chi connectivity index (χ1) is 14.5. The van der Waals surface area contributed by atoms with Gasteiger partial charge in [-0.1, -0.05) is 13.8 Å². The Morgan fingerprint density at radius 1 is 1.26 bits per heavy atom. The lowest BCUT2D eigenvalue weighted by molar-refractivity contribution is -0.152. The Labute approximate surface area is 182 Å². The van der Waals surface area contributed by atoms with Crippen molar-refractivity contribution in [2.45, 2.75) is 59.3 Å². The molecule has 174 valence electrons. The molecule has 3 N–H and O–H groups in total. The Morgan fingerprint density at radius 2 is 1.94 bits per heavy atom. The number of carbonyl (C=O) groups excluding carboxylic acids is 2. The normalized spacial score (nSPS) is 18.8. The van der Waals surface area contributed by atoms with Crippen molar-refractivity contribution in [3.63, 3.8) is 0 Å². The van der Waals surface area contributed by atoms with E-state index in [1.807, 2.05) is 39.5 Å². The van der Waals surface area contributed by atoms with Gasteiger partial charge in [-0.25, -0.2) is 9.87 Å². The largest absolute Gasteiger partial charge is 0.488 e. The van der Waals surface area contributed by atoms with Crippen LogP contribution in [0.25, 0.3) is 0 Å². The molecule has 0 aliphatic carbocycles. The van der Waals surface area contributed by atoms with Crippen LogP contribution in [0.2, 0.25) is 0 Å². The summed E-state index contributed by atoms with van der Waals surface area (Å²) in [5, 5.41) is 19.1. The second-order valence-corrected chi connectivity index (χ2v) is 8.76. The average Bonchev–Trinajstić information content (AvgIpc) is 2.71. The number of carbonyl (C=O) groups is 2. The Bertz CT molecular complexity index is 774. The zero-order chi connectivity index (χ0) is 23.3. The molecule has 2 rings (SSSR count). The topological polar surface area (TPSA) is 102 Å². The molecular weight excluding hydrogens is 405 g/mol. The highest BCUT2D eigenvalue weighted by Gasteiger charge is 2.38. The van der Waals surface area contributed by atoms with Crippen LogP contribution < -0.4 is 15.1 Å². The number of nitrogens with one attached hydrogen (secondary N) is 1. The van der Waals surface area contributed by atoms with E-state index in [-0.39, 0.29) is 29.7 Å². The third-order valence-electron chi connectivity index (χ3n) is 5.36. The predicted molar refractivity (Wildman–Crippen MR) is 114 cm³/mol. The van der Waals surface area contributed by atoms with Gasteiger partial charge < -0.3 is 19.6 Å². The van der Waals surface area contributed by atoms with Crippen LogP contribution in [0, 0.1) is 17.7 Å². The first kappa shape index (κ1) is 24.9. The van der Waals surface area contributed by atoms with E-state index in [2.05, 4.69) is 0 Å². The summed E-state index contributed by atoms with van der Waals surface area (Å²) in [5.74, 6) is -2.44. The van der Waals surface area contributed by atoms with E-state index in [1.165, 1.54) is 11.5 Å². The number of nitrogens with zero attached hydrogens (tertiary/aromatic N) is 2. The zero-order valence-electron chi connectivity index (χ0n) is 18.8. The maximum Gasteiger partial charge on any atom is 0.272 e. The molecule has 1 saturated heterocycles. The van der Waals surface area contributed by atoms with Crippen molar-refractivity contribution in [1.82, 2.24) is 10.4 Å². The SMILES string of the molecule is CC(C)C[C@H](C(=O)N1CCN(c2ccc(OC(C)C)c(F)c2)C[C@H]1C)[C@H](O)C(=O)NO. The fourth-order valence-electron chi connectivity index (χ4n) is 3.89. The van der Waals surface area contributed by atoms with E-state index in [9.17, 15) is 19.1 Å². The number of amides is 2. The summed E-state index contributed by atoms with van der Waals surface area (Å²) in [4.78, 5) is 28.5. The van der Waals surface area contributed by atoms with E-state index in [1.54, 1.807) is 17.0 Å².